The predicted octanol–water partition coefficient (Wildman–Crippen LogP) is 3.95. The average Bonchev–Trinajstić information content (AvgIpc) is 3.01. The van der Waals surface area contributed by atoms with Crippen LogP contribution in [-0.2, 0) is 11.3 Å². The first-order chi connectivity index (χ1) is 12.0. The molecule has 2 atom stereocenters. The van der Waals surface area contributed by atoms with Gasteiger partial charge in [0, 0.05) is 48.2 Å². The van der Waals surface area contributed by atoms with Gasteiger partial charge in [0.05, 0.1) is 5.60 Å². The van der Waals surface area contributed by atoms with Crippen molar-refractivity contribution in [2.75, 3.05) is 13.1 Å². The molecule has 1 N–H and O–H groups in total. The molecule has 2 fully saturated rings. The van der Waals surface area contributed by atoms with E-state index in [2.05, 4.69) is 44.9 Å². The number of hydrogen-bond donors (Lipinski definition) is 1. The lowest BCUT2D eigenvalue weighted by Crippen LogP contribution is -2.54. The van der Waals surface area contributed by atoms with Crippen molar-refractivity contribution in [1.82, 2.24) is 9.47 Å². The maximum absolute atomic E-state index is 12.7. The number of fused-ring (bicyclic) bond motifs is 2. The second kappa shape index (κ2) is 6.76. The number of halogens is 1. The Morgan fingerprint density at radius 3 is 3.04 bits per heavy atom. The molecule has 4 rings (SSSR count). The summed E-state index contributed by atoms with van der Waals surface area (Å²) in [7, 11) is 0. The Balaban J connectivity index is 1.40. The van der Waals surface area contributed by atoms with Gasteiger partial charge < -0.3 is 14.6 Å². The van der Waals surface area contributed by atoms with Gasteiger partial charge in [-0.3, -0.25) is 4.79 Å². The fourth-order valence-corrected chi connectivity index (χ4v) is 4.87. The second-order valence-electron chi connectivity index (χ2n) is 7.60. The summed E-state index contributed by atoms with van der Waals surface area (Å²) in [6, 6.07) is 8.32. The minimum absolute atomic E-state index is 0.212. The van der Waals surface area contributed by atoms with Crippen molar-refractivity contribution in [3.8, 4) is 0 Å². The van der Waals surface area contributed by atoms with Crippen LogP contribution in [0.2, 0.25) is 0 Å². The molecule has 25 heavy (non-hydrogen) atoms. The van der Waals surface area contributed by atoms with Crippen molar-refractivity contribution in [3.63, 3.8) is 0 Å². The molecule has 1 aromatic heterocycles. The molecular formula is C20H25BrN2O2. The van der Waals surface area contributed by atoms with Crippen LogP contribution < -0.4 is 0 Å². The van der Waals surface area contributed by atoms with E-state index >= 15 is 0 Å². The zero-order valence-corrected chi connectivity index (χ0v) is 16.0. The van der Waals surface area contributed by atoms with Crippen LogP contribution in [0.25, 0.3) is 10.9 Å². The number of carbonyl (C=O) groups excluding carboxylic acids is 1. The van der Waals surface area contributed by atoms with E-state index in [1.54, 1.807) is 0 Å². The molecule has 2 aromatic rings. The zero-order chi connectivity index (χ0) is 17.4. The standard InChI is InChI=1S/C20H25BrN2O2/c21-17-5-4-15-6-10-22(18(15)13-17)11-7-19(24)23-12-9-20(25)8-2-1-3-16(20)14-23/h4-6,10,13,16,25H,1-3,7-9,11-12,14H2/t16-,20+/m1/s1. The number of aromatic nitrogens is 1. The number of rotatable bonds is 3. The summed E-state index contributed by atoms with van der Waals surface area (Å²) in [5.74, 6) is 0.479. The molecule has 1 aromatic carbocycles. The van der Waals surface area contributed by atoms with E-state index in [-0.39, 0.29) is 11.8 Å². The summed E-state index contributed by atoms with van der Waals surface area (Å²) < 4.78 is 3.21. The molecule has 0 spiro atoms. The van der Waals surface area contributed by atoms with Crippen LogP contribution in [0.4, 0.5) is 0 Å². The maximum atomic E-state index is 12.7. The number of piperidine rings is 1. The average molecular weight is 405 g/mol. The maximum Gasteiger partial charge on any atom is 0.224 e. The molecule has 1 aliphatic carbocycles. The summed E-state index contributed by atoms with van der Waals surface area (Å²) in [4.78, 5) is 14.7. The van der Waals surface area contributed by atoms with Crippen molar-refractivity contribution >= 4 is 32.7 Å². The van der Waals surface area contributed by atoms with Crippen molar-refractivity contribution in [2.24, 2.45) is 5.92 Å². The Kier molecular flexibility index (Phi) is 4.63. The smallest absolute Gasteiger partial charge is 0.224 e. The highest BCUT2D eigenvalue weighted by Gasteiger charge is 2.43. The molecule has 1 aliphatic heterocycles. The first-order valence-corrected chi connectivity index (χ1v) is 10.1. The molecule has 1 saturated heterocycles. The van der Waals surface area contributed by atoms with Crippen LogP contribution in [0.15, 0.2) is 34.9 Å². The van der Waals surface area contributed by atoms with Crippen LogP contribution >= 0.6 is 15.9 Å². The Morgan fingerprint density at radius 1 is 1.28 bits per heavy atom. The Morgan fingerprint density at radius 2 is 2.16 bits per heavy atom. The highest BCUT2D eigenvalue weighted by molar-refractivity contribution is 9.10. The molecule has 0 radical (unpaired) electrons. The van der Waals surface area contributed by atoms with Crippen molar-refractivity contribution in [3.05, 3.63) is 34.9 Å². The molecule has 4 nitrogen and oxygen atoms in total. The molecule has 1 amide bonds. The topological polar surface area (TPSA) is 45.5 Å². The van der Waals surface area contributed by atoms with Gasteiger partial charge in [-0.15, -0.1) is 0 Å². The van der Waals surface area contributed by atoms with E-state index in [4.69, 9.17) is 0 Å². The number of likely N-dealkylation sites (tertiary alicyclic amines) is 1. The Hall–Kier alpha value is -1.33. The normalized spacial score (nSPS) is 26.6. The van der Waals surface area contributed by atoms with Gasteiger partial charge in [0.25, 0.3) is 0 Å². The van der Waals surface area contributed by atoms with Crippen LogP contribution in [0.1, 0.15) is 38.5 Å². The SMILES string of the molecule is O=C(CCn1ccc2ccc(Br)cc21)N1CC[C@@]2(O)CCCC[C@@H]2C1. The lowest BCUT2D eigenvalue weighted by atomic mass is 9.71. The van der Waals surface area contributed by atoms with Crippen LogP contribution in [0.5, 0.6) is 0 Å². The summed E-state index contributed by atoms with van der Waals surface area (Å²) in [5.41, 5.74) is 0.639. The largest absolute Gasteiger partial charge is 0.389 e. The van der Waals surface area contributed by atoms with Gasteiger partial charge >= 0.3 is 0 Å². The number of carbonyl (C=O) groups is 1. The van der Waals surface area contributed by atoms with E-state index < -0.39 is 5.60 Å². The second-order valence-corrected chi connectivity index (χ2v) is 8.51. The number of hydrogen-bond acceptors (Lipinski definition) is 2. The van der Waals surface area contributed by atoms with Gasteiger partial charge in [0.1, 0.15) is 0 Å². The third kappa shape index (κ3) is 3.36. The third-order valence-corrected chi connectivity index (χ3v) is 6.58. The van der Waals surface area contributed by atoms with Gasteiger partial charge in [-0.05, 0) is 42.8 Å². The summed E-state index contributed by atoms with van der Waals surface area (Å²) in [6.07, 6.45) is 7.57. The molecule has 2 heterocycles. The number of amides is 1. The Bertz CT molecular complexity index is 787. The third-order valence-electron chi connectivity index (χ3n) is 6.08. The van der Waals surface area contributed by atoms with E-state index in [0.717, 1.165) is 42.2 Å². The number of aliphatic hydroxyl groups is 1. The van der Waals surface area contributed by atoms with Crippen LogP contribution in [-0.4, -0.2) is 39.2 Å². The first-order valence-electron chi connectivity index (χ1n) is 9.30. The van der Waals surface area contributed by atoms with Crippen molar-refractivity contribution in [2.45, 2.75) is 50.7 Å². The van der Waals surface area contributed by atoms with Crippen LogP contribution in [0, 0.1) is 5.92 Å². The van der Waals surface area contributed by atoms with Gasteiger partial charge in [0.15, 0.2) is 0 Å². The highest BCUT2D eigenvalue weighted by Crippen LogP contribution is 2.39. The predicted molar refractivity (Wildman–Crippen MR) is 102 cm³/mol. The molecule has 5 heteroatoms. The molecule has 1 saturated carbocycles. The van der Waals surface area contributed by atoms with Gasteiger partial charge in [-0.25, -0.2) is 0 Å². The lowest BCUT2D eigenvalue weighted by molar-refractivity contribution is -0.143. The minimum Gasteiger partial charge on any atom is -0.389 e. The van der Waals surface area contributed by atoms with E-state index in [1.165, 1.54) is 11.8 Å². The Labute approximate surface area is 156 Å². The van der Waals surface area contributed by atoms with Gasteiger partial charge in [-0.2, -0.15) is 0 Å². The lowest BCUT2D eigenvalue weighted by Gasteiger charge is -2.47. The monoisotopic (exact) mass is 404 g/mol. The molecule has 0 unspecified atom stereocenters. The number of nitrogens with zero attached hydrogens (tertiary/aromatic N) is 2. The van der Waals surface area contributed by atoms with Crippen molar-refractivity contribution in [1.29, 1.82) is 0 Å². The van der Waals surface area contributed by atoms with Gasteiger partial charge in [-0.1, -0.05) is 34.8 Å². The molecule has 134 valence electrons. The fourth-order valence-electron chi connectivity index (χ4n) is 4.52. The van der Waals surface area contributed by atoms with E-state index in [0.29, 0.717) is 19.5 Å². The molecule has 0 bridgehead atoms. The zero-order valence-electron chi connectivity index (χ0n) is 14.5. The molecular weight excluding hydrogens is 380 g/mol. The first kappa shape index (κ1) is 17.1. The fraction of sp³-hybridized carbons (Fsp3) is 0.550. The quantitative estimate of drug-likeness (QED) is 0.841. The highest BCUT2D eigenvalue weighted by atomic mass is 79.9. The minimum atomic E-state index is -0.516. The van der Waals surface area contributed by atoms with Crippen molar-refractivity contribution < 1.29 is 9.90 Å². The van der Waals surface area contributed by atoms with Crippen LogP contribution in [0.3, 0.4) is 0 Å². The van der Waals surface area contributed by atoms with E-state index in [9.17, 15) is 9.90 Å². The number of benzene rings is 1. The molecule has 2 aliphatic rings. The van der Waals surface area contributed by atoms with Gasteiger partial charge in [0.2, 0.25) is 5.91 Å². The summed E-state index contributed by atoms with van der Waals surface area (Å²) in [6.45, 7) is 2.13. The summed E-state index contributed by atoms with van der Waals surface area (Å²) in [5, 5.41) is 12.0. The van der Waals surface area contributed by atoms with E-state index in [1.807, 2.05) is 11.0 Å². The number of aryl methyl sites for hydroxylation is 1. The summed E-state index contributed by atoms with van der Waals surface area (Å²) >= 11 is 3.52.